The van der Waals surface area contributed by atoms with Crippen molar-refractivity contribution < 1.29 is 9.53 Å². The van der Waals surface area contributed by atoms with Crippen LogP contribution in [-0.4, -0.2) is 13.1 Å². The summed E-state index contributed by atoms with van der Waals surface area (Å²) in [5.41, 5.74) is 2.29. The minimum absolute atomic E-state index is 0.204. The van der Waals surface area contributed by atoms with Gasteiger partial charge < -0.3 is 4.74 Å². The number of thioether (sulfide) groups is 1. The van der Waals surface area contributed by atoms with Gasteiger partial charge in [-0.2, -0.15) is 0 Å². The van der Waals surface area contributed by atoms with Crippen LogP contribution >= 0.6 is 11.8 Å². The molecule has 2 nitrogen and oxygen atoms in total. The van der Waals surface area contributed by atoms with E-state index in [9.17, 15) is 4.79 Å². The highest BCUT2D eigenvalue weighted by Gasteiger charge is 2.04. The van der Waals surface area contributed by atoms with Crippen LogP contribution in [0.5, 0.6) is 0 Å². The summed E-state index contributed by atoms with van der Waals surface area (Å²) in [5.74, 6) is 0.730. The number of hydrogen-bond acceptors (Lipinski definition) is 3. The van der Waals surface area contributed by atoms with Crippen molar-refractivity contribution in [3.63, 3.8) is 0 Å². The summed E-state index contributed by atoms with van der Waals surface area (Å²) in [5, 5.41) is 0. The molecule has 98 valence electrons. The molecule has 0 spiro atoms. The monoisotopic (exact) mass is 272 g/mol. The molecular weight excluding hydrogens is 256 g/mol. The maximum absolute atomic E-state index is 11.2. The summed E-state index contributed by atoms with van der Waals surface area (Å²) in [6.07, 6.45) is 0.330. The molecule has 0 heterocycles. The van der Waals surface area contributed by atoms with Gasteiger partial charge >= 0.3 is 5.97 Å². The van der Waals surface area contributed by atoms with Gasteiger partial charge in [-0.1, -0.05) is 42.5 Å². The summed E-state index contributed by atoms with van der Waals surface area (Å²) < 4.78 is 4.68. The Kier molecular flexibility index (Phi) is 5.04. The molecule has 0 unspecified atom stereocenters. The predicted molar refractivity (Wildman–Crippen MR) is 78.2 cm³/mol. The van der Waals surface area contributed by atoms with Crippen molar-refractivity contribution >= 4 is 17.7 Å². The van der Waals surface area contributed by atoms with Gasteiger partial charge in [-0.3, -0.25) is 4.79 Å². The Morgan fingerprint density at radius 1 is 1.05 bits per heavy atom. The zero-order valence-corrected chi connectivity index (χ0v) is 11.7. The third-order valence-electron chi connectivity index (χ3n) is 2.72. The van der Waals surface area contributed by atoms with Gasteiger partial charge in [0.15, 0.2) is 0 Å². The van der Waals surface area contributed by atoms with Crippen LogP contribution in [-0.2, 0) is 21.7 Å². The van der Waals surface area contributed by atoms with E-state index in [-0.39, 0.29) is 5.97 Å². The first-order valence-electron chi connectivity index (χ1n) is 6.10. The first kappa shape index (κ1) is 13.7. The maximum atomic E-state index is 11.2. The Bertz CT molecular complexity index is 537. The lowest BCUT2D eigenvalue weighted by Gasteiger charge is -2.05. The van der Waals surface area contributed by atoms with Crippen LogP contribution < -0.4 is 0 Å². The zero-order chi connectivity index (χ0) is 13.5. The third-order valence-corrected chi connectivity index (χ3v) is 3.79. The molecule has 0 N–H and O–H groups in total. The largest absolute Gasteiger partial charge is 0.469 e. The molecular formula is C16H16O2S. The standard InChI is InChI=1S/C16H16O2S/c1-18-16(17)11-14-8-5-9-15(10-14)19-12-13-6-3-2-4-7-13/h2-10H,11-12H2,1H3. The number of esters is 1. The van der Waals surface area contributed by atoms with E-state index < -0.39 is 0 Å². The SMILES string of the molecule is COC(=O)Cc1cccc(SCc2ccccc2)c1. The number of benzene rings is 2. The second kappa shape index (κ2) is 7.00. The fourth-order valence-corrected chi connectivity index (χ4v) is 2.66. The Labute approximate surface area is 117 Å². The number of rotatable bonds is 5. The van der Waals surface area contributed by atoms with Crippen molar-refractivity contribution in [2.75, 3.05) is 7.11 Å². The number of methoxy groups -OCH3 is 1. The normalized spacial score (nSPS) is 10.2. The van der Waals surface area contributed by atoms with Crippen molar-refractivity contribution in [1.29, 1.82) is 0 Å². The smallest absolute Gasteiger partial charge is 0.309 e. The number of carbonyl (C=O) groups is 1. The quantitative estimate of drug-likeness (QED) is 0.613. The first-order valence-corrected chi connectivity index (χ1v) is 7.09. The predicted octanol–water partition coefficient (Wildman–Crippen LogP) is 3.69. The summed E-state index contributed by atoms with van der Waals surface area (Å²) in [4.78, 5) is 12.4. The zero-order valence-electron chi connectivity index (χ0n) is 10.8. The highest BCUT2D eigenvalue weighted by molar-refractivity contribution is 7.98. The van der Waals surface area contributed by atoms with Gasteiger partial charge in [0.1, 0.15) is 0 Å². The van der Waals surface area contributed by atoms with Crippen LogP contribution in [0.15, 0.2) is 59.5 Å². The Morgan fingerprint density at radius 3 is 2.53 bits per heavy atom. The van der Waals surface area contributed by atoms with Gasteiger partial charge in [0.05, 0.1) is 13.5 Å². The van der Waals surface area contributed by atoms with E-state index in [1.165, 1.54) is 17.6 Å². The van der Waals surface area contributed by atoms with Gasteiger partial charge in [0.2, 0.25) is 0 Å². The summed E-state index contributed by atoms with van der Waals surface area (Å²) in [6.45, 7) is 0. The molecule has 0 radical (unpaired) electrons. The maximum Gasteiger partial charge on any atom is 0.309 e. The molecule has 0 fully saturated rings. The number of carbonyl (C=O) groups excluding carboxylic acids is 1. The van der Waals surface area contributed by atoms with Crippen LogP contribution in [0.3, 0.4) is 0 Å². The molecule has 2 aromatic rings. The molecule has 0 amide bonds. The number of ether oxygens (including phenoxy) is 1. The average Bonchev–Trinajstić information content (AvgIpc) is 2.46. The van der Waals surface area contributed by atoms with Crippen LogP contribution in [0.4, 0.5) is 0 Å². The molecule has 0 aliphatic heterocycles. The average molecular weight is 272 g/mol. The summed E-state index contributed by atoms with van der Waals surface area (Å²) in [6, 6.07) is 18.4. The molecule has 0 aromatic heterocycles. The van der Waals surface area contributed by atoms with E-state index in [4.69, 9.17) is 0 Å². The second-order valence-corrected chi connectivity index (χ2v) is 5.22. The van der Waals surface area contributed by atoms with Gasteiger partial charge in [-0.05, 0) is 23.3 Å². The van der Waals surface area contributed by atoms with Crippen molar-refractivity contribution in [3.8, 4) is 0 Å². The van der Waals surface area contributed by atoms with Gasteiger partial charge in [-0.25, -0.2) is 0 Å². The topological polar surface area (TPSA) is 26.3 Å². The Balaban J connectivity index is 1.97. The van der Waals surface area contributed by atoms with E-state index in [0.717, 1.165) is 11.3 Å². The molecule has 0 saturated heterocycles. The van der Waals surface area contributed by atoms with E-state index in [1.54, 1.807) is 11.8 Å². The lowest BCUT2D eigenvalue weighted by atomic mass is 10.1. The van der Waals surface area contributed by atoms with Crippen molar-refractivity contribution in [2.45, 2.75) is 17.1 Å². The van der Waals surface area contributed by atoms with Crippen LogP contribution in [0.1, 0.15) is 11.1 Å². The fraction of sp³-hybridized carbons (Fsp3) is 0.188. The van der Waals surface area contributed by atoms with Crippen molar-refractivity contribution in [2.24, 2.45) is 0 Å². The Hall–Kier alpha value is -1.74. The minimum atomic E-state index is -0.204. The molecule has 0 aliphatic rings. The minimum Gasteiger partial charge on any atom is -0.469 e. The van der Waals surface area contributed by atoms with Crippen LogP contribution in [0, 0.1) is 0 Å². The molecule has 0 bridgehead atoms. The Morgan fingerprint density at radius 2 is 1.79 bits per heavy atom. The molecule has 0 saturated carbocycles. The van der Waals surface area contributed by atoms with Gasteiger partial charge in [-0.15, -0.1) is 11.8 Å². The lowest BCUT2D eigenvalue weighted by Crippen LogP contribution is -2.04. The molecule has 0 atom stereocenters. The van der Waals surface area contributed by atoms with E-state index in [2.05, 4.69) is 22.9 Å². The highest BCUT2D eigenvalue weighted by atomic mass is 32.2. The number of hydrogen-bond donors (Lipinski definition) is 0. The molecule has 19 heavy (non-hydrogen) atoms. The molecule has 2 aromatic carbocycles. The summed E-state index contributed by atoms with van der Waals surface area (Å²) in [7, 11) is 1.41. The van der Waals surface area contributed by atoms with E-state index in [0.29, 0.717) is 6.42 Å². The molecule has 2 rings (SSSR count). The van der Waals surface area contributed by atoms with Gasteiger partial charge in [0.25, 0.3) is 0 Å². The highest BCUT2D eigenvalue weighted by Crippen LogP contribution is 2.23. The lowest BCUT2D eigenvalue weighted by molar-refractivity contribution is -0.139. The van der Waals surface area contributed by atoms with Crippen molar-refractivity contribution in [1.82, 2.24) is 0 Å². The van der Waals surface area contributed by atoms with Crippen LogP contribution in [0.25, 0.3) is 0 Å². The summed E-state index contributed by atoms with van der Waals surface area (Å²) >= 11 is 1.77. The first-order chi connectivity index (χ1) is 9.28. The fourth-order valence-electron chi connectivity index (χ4n) is 1.72. The third kappa shape index (κ3) is 4.45. The molecule has 0 aliphatic carbocycles. The molecule has 3 heteroatoms. The van der Waals surface area contributed by atoms with Crippen LogP contribution in [0.2, 0.25) is 0 Å². The van der Waals surface area contributed by atoms with E-state index in [1.807, 2.05) is 36.4 Å². The van der Waals surface area contributed by atoms with Gasteiger partial charge in [0, 0.05) is 10.6 Å². The van der Waals surface area contributed by atoms with E-state index >= 15 is 0 Å². The second-order valence-electron chi connectivity index (χ2n) is 4.17. The van der Waals surface area contributed by atoms with Crippen molar-refractivity contribution in [3.05, 3.63) is 65.7 Å².